The van der Waals surface area contributed by atoms with Gasteiger partial charge in [0.2, 0.25) is 11.8 Å². The highest BCUT2D eigenvalue weighted by Crippen LogP contribution is 2.09. The number of anilines is 1. The summed E-state index contributed by atoms with van der Waals surface area (Å²) in [6.45, 7) is 2.90. The van der Waals surface area contributed by atoms with Crippen LogP contribution in [0.3, 0.4) is 0 Å². The lowest BCUT2D eigenvalue weighted by Gasteiger charge is -2.10. The second-order valence-electron chi connectivity index (χ2n) is 3.86. The van der Waals surface area contributed by atoms with Crippen molar-refractivity contribution in [3.8, 4) is 0 Å². The molecule has 1 aromatic carbocycles. The number of carbonyl (C=O) groups excluding carboxylic acids is 3. The molecule has 6 heteroatoms. The monoisotopic (exact) mass is 249 g/mol. The SMILES string of the molecule is CC(=O)Nc1ccc(C(=O)N[C@@H](C)C(N)=O)cc1. The van der Waals surface area contributed by atoms with Gasteiger partial charge < -0.3 is 16.4 Å². The van der Waals surface area contributed by atoms with E-state index in [0.717, 1.165) is 0 Å². The highest BCUT2D eigenvalue weighted by atomic mass is 16.2. The number of primary amides is 1. The van der Waals surface area contributed by atoms with Crippen molar-refractivity contribution in [3.63, 3.8) is 0 Å². The lowest BCUT2D eigenvalue weighted by Crippen LogP contribution is -2.42. The normalized spacial score (nSPS) is 11.4. The number of hydrogen-bond donors (Lipinski definition) is 3. The molecule has 0 saturated carbocycles. The zero-order chi connectivity index (χ0) is 13.7. The van der Waals surface area contributed by atoms with Crippen LogP contribution in [0.5, 0.6) is 0 Å². The number of rotatable bonds is 4. The Morgan fingerprint density at radius 2 is 1.72 bits per heavy atom. The number of nitrogens with two attached hydrogens (primary N) is 1. The fraction of sp³-hybridized carbons (Fsp3) is 0.250. The molecule has 0 fully saturated rings. The van der Waals surface area contributed by atoms with Crippen LogP contribution in [0.4, 0.5) is 5.69 Å². The van der Waals surface area contributed by atoms with Crippen LogP contribution in [0.15, 0.2) is 24.3 Å². The molecule has 1 aromatic rings. The van der Waals surface area contributed by atoms with Crippen molar-refractivity contribution in [2.24, 2.45) is 5.73 Å². The van der Waals surface area contributed by atoms with Crippen molar-refractivity contribution in [1.82, 2.24) is 5.32 Å². The highest BCUT2D eigenvalue weighted by molar-refractivity contribution is 5.97. The fourth-order valence-corrected chi connectivity index (χ4v) is 1.26. The minimum absolute atomic E-state index is 0.186. The molecule has 0 spiro atoms. The summed E-state index contributed by atoms with van der Waals surface area (Å²) in [6.07, 6.45) is 0. The maximum atomic E-state index is 11.7. The summed E-state index contributed by atoms with van der Waals surface area (Å²) < 4.78 is 0. The molecule has 0 saturated heterocycles. The van der Waals surface area contributed by atoms with Crippen LogP contribution >= 0.6 is 0 Å². The summed E-state index contributed by atoms with van der Waals surface area (Å²) in [4.78, 5) is 33.3. The summed E-state index contributed by atoms with van der Waals surface area (Å²) in [7, 11) is 0. The summed E-state index contributed by atoms with van der Waals surface area (Å²) in [5, 5.41) is 5.04. The van der Waals surface area contributed by atoms with E-state index in [9.17, 15) is 14.4 Å². The van der Waals surface area contributed by atoms with Crippen molar-refractivity contribution < 1.29 is 14.4 Å². The van der Waals surface area contributed by atoms with Crippen molar-refractivity contribution >= 4 is 23.4 Å². The molecule has 18 heavy (non-hydrogen) atoms. The molecule has 1 rings (SSSR count). The van der Waals surface area contributed by atoms with Gasteiger partial charge in [0.1, 0.15) is 6.04 Å². The van der Waals surface area contributed by atoms with Gasteiger partial charge in [0.25, 0.3) is 5.91 Å². The van der Waals surface area contributed by atoms with Crippen LogP contribution in [0.2, 0.25) is 0 Å². The van der Waals surface area contributed by atoms with Crippen molar-refractivity contribution in [1.29, 1.82) is 0 Å². The standard InChI is InChI=1S/C12H15N3O3/c1-7(11(13)17)14-12(18)9-3-5-10(6-4-9)15-8(2)16/h3-7H,1-2H3,(H2,13,17)(H,14,18)(H,15,16)/t7-/m0/s1. The van der Waals surface area contributed by atoms with Gasteiger partial charge in [0, 0.05) is 18.2 Å². The highest BCUT2D eigenvalue weighted by Gasteiger charge is 2.13. The average Bonchev–Trinajstić information content (AvgIpc) is 2.28. The van der Waals surface area contributed by atoms with Crippen LogP contribution in [-0.4, -0.2) is 23.8 Å². The molecular formula is C12H15N3O3. The van der Waals surface area contributed by atoms with Gasteiger partial charge in [-0.05, 0) is 31.2 Å². The van der Waals surface area contributed by atoms with E-state index in [2.05, 4.69) is 10.6 Å². The van der Waals surface area contributed by atoms with E-state index >= 15 is 0 Å². The van der Waals surface area contributed by atoms with Gasteiger partial charge in [-0.15, -0.1) is 0 Å². The van der Waals surface area contributed by atoms with Crippen molar-refractivity contribution in [2.75, 3.05) is 5.32 Å². The third kappa shape index (κ3) is 3.89. The van der Waals surface area contributed by atoms with Gasteiger partial charge in [-0.25, -0.2) is 0 Å². The minimum Gasteiger partial charge on any atom is -0.368 e. The first kappa shape index (κ1) is 13.7. The van der Waals surface area contributed by atoms with Gasteiger partial charge in [0.15, 0.2) is 0 Å². The zero-order valence-corrected chi connectivity index (χ0v) is 10.2. The van der Waals surface area contributed by atoms with E-state index in [0.29, 0.717) is 11.3 Å². The lowest BCUT2D eigenvalue weighted by molar-refractivity contribution is -0.119. The fourth-order valence-electron chi connectivity index (χ4n) is 1.26. The second kappa shape index (κ2) is 5.81. The average molecular weight is 249 g/mol. The molecule has 0 heterocycles. The van der Waals surface area contributed by atoms with Crippen LogP contribution < -0.4 is 16.4 Å². The van der Waals surface area contributed by atoms with Gasteiger partial charge >= 0.3 is 0 Å². The predicted molar refractivity (Wildman–Crippen MR) is 66.9 cm³/mol. The van der Waals surface area contributed by atoms with E-state index in [1.807, 2.05) is 0 Å². The van der Waals surface area contributed by atoms with Crippen molar-refractivity contribution in [2.45, 2.75) is 19.9 Å². The topological polar surface area (TPSA) is 101 Å². The molecule has 4 N–H and O–H groups in total. The Bertz CT molecular complexity index is 468. The van der Waals surface area contributed by atoms with Gasteiger partial charge in [-0.1, -0.05) is 0 Å². The smallest absolute Gasteiger partial charge is 0.251 e. The van der Waals surface area contributed by atoms with E-state index in [1.54, 1.807) is 24.3 Å². The Kier molecular flexibility index (Phi) is 4.42. The molecule has 6 nitrogen and oxygen atoms in total. The van der Waals surface area contributed by atoms with E-state index in [4.69, 9.17) is 5.73 Å². The quantitative estimate of drug-likeness (QED) is 0.712. The number of carbonyl (C=O) groups is 3. The molecule has 0 aliphatic carbocycles. The molecule has 96 valence electrons. The van der Waals surface area contributed by atoms with Gasteiger partial charge in [0.05, 0.1) is 0 Å². The van der Waals surface area contributed by atoms with Crippen LogP contribution in [0, 0.1) is 0 Å². The summed E-state index contributed by atoms with van der Waals surface area (Å²) in [5.41, 5.74) is 6.03. The van der Waals surface area contributed by atoms with Gasteiger partial charge in [-0.3, -0.25) is 14.4 Å². The first-order chi connectivity index (χ1) is 8.40. The number of nitrogens with one attached hydrogen (secondary N) is 2. The van der Waals surface area contributed by atoms with Crippen molar-refractivity contribution in [3.05, 3.63) is 29.8 Å². The number of hydrogen-bond acceptors (Lipinski definition) is 3. The van der Waals surface area contributed by atoms with Crippen LogP contribution in [-0.2, 0) is 9.59 Å². The third-order valence-corrected chi connectivity index (χ3v) is 2.24. The van der Waals surface area contributed by atoms with Crippen LogP contribution in [0.25, 0.3) is 0 Å². The Morgan fingerprint density at radius 1 is 1.17 bits per heavy atom. The summed E-state index contributed by atoms with van der Waals surface area (Å²) in [5.74, 6) is -1.18. The molecule has 3 amide bonds. The molecule has 1 atom stereocenters. The first-order valence-electron chi connectivity index (χ1n) is 5.38. The summed E-state index contributed by atoms with van der Waals surface area (Å²) >= 11 is 0. The Morgan fingerprint density at radius 3 is 2.17 bits per heavy atom. The minimum atomic E-state index is -0.729. The predicted octanol–water partition coefficient (Wildman–Crippen LogP) is 0.249. The molecule has 0 unspecified atom stereocenters. The maximum Gasteiger partial charge on any atom is 0.251 e. The number of amides is 3. The largest absolute Gasteiger partial charge is 0.368 e. The Labute approximate surface area is 105 Å². The third-order valence-electron chi connectivity index (χ3n) is 2.24. The van der Waals surface area contributed by atoms with E-state index in [1.165, 1.54) is 13.8 Å². The maximum absolute atomic E-state index is 11.7. The first-order valence-corrected chi connectivity index (χ1v) is 5.38. The molecular weight excluding hydrogens is 234 g/mol. The lowest BCUT2D eigenvalue weighted by atomic mass is 10.2. The second-order valence-corrected chi connectivity index (χ2v) is 3.86. The number of benzene rings is 1. The Balaban J connectivity index is 2.70. The Hall–Kier alpha value is -2.37. The zero-order valence-electron chi connectivity index (χ0n) is 10.2. The van der Waals surface area contributed by atoms with Gasteiger partial charge in [-0.2, -0.15) is 0 Å². The molecule has 0 aliphatic heterocycles. The molecule has 0 aliphatic rings. The molecule has 0 aromatic heterocycles. The van der Waals surface area contributed by atoms with E-state index < -0.39 is 17.9 Å². The molecule has 0 radical (unpaired) electrons. The summed E-state index contributed by atoms with van der Waals surface area (Å²) in [6, 6.07) is 5.58. The van der Waals surface area contributed by atoms with Crippen LogP contribution in [0.1, 0.15) is 24.2 Å². The van der Waals surface area contributed by atoms with E-state index in [-0.39, 0.29) is 5.91 Å². The molecule has 0 bridgehead atoms.